The highest BCUT2D eigenvalue weighted by atomic mass is 32.1. The van der Waals surface area contributed by atoms with E-state index in [4.69, 9.17) is 0 Å². The molecule has 1 atom stereocenters. The lowest BCUT2D eigenvalue weighted by Crippen LogP contribution is -2.13. The van der Waals surface area contributed by atoms with Crippen molar-refractivity contribution in [2.45, 2.75) is 45.1 Å². The number of thiophene rings is 1. The average Bonchev–Trinajstić information content (AvgIpc) is 3.10. The van der Waals surface area contributed by atoms with Crippen LogP contribution in [0.25, 0.3) is 0 Å². The van der Waals surface area contributed by atoms with Crippen molar-refractivity contribution in [3.05, 3.63) is 52.2 Å². The molecule has 1 aromatic heterocycles. The van der Waals surface area contributed by atoms with Crippen LogP contribution in [-0.2, 0) is 5.41 Å². The van der Waals surface area contributed by atoms with Crippen LogP contribution in [0.2, 0.25) is 0 Å². The summed E-state index contributed by atoms with van der Waals surface area (Å²) in [5, 5.41) is 5.91. The molecule has 0 bridgehead atoms. The molecule has 1 saturated carbocycles. The molecule has 1 aliphatic rings. The van der Waals surface area contributed by atoms with Gasteiger partial charge in [-0.25, -0.2) is 0 Å². The van der Waals surface area contributed by atoms with Crippen molar-refractivity contribution in [1.29, 1.82) is 0 Å². The summed E-state index contributed by atoms with van der Waals surface area (Å²) in [6.07, 6.45) is 2.71. The molecule has 1 N–H and O–H groups in total. The number of hydrogen-bond acceptors (Lipinski definition) is 2. The van der Waals surface area contributed by atoms with E-state index in [-0.39, 0.29) is 5.41 Å². The molecule has 20 heavy (non-hydrogen) atoms. The number of anilines is 1. The highest BCUT2D eigenvalue weighted by Gasteiger charge is 2.32. The van der Waals surface area contributed by atoms with Gasteiger partial charge in [-0.1, -0.05) is 39.0 Å². The number of rotatable bonds is 4. The Bertz CT molecular complexity index is 544. The average molecular weight is 285 g/mol. The molecule has 3 rings (SSSR count). The Labute approximate surface area is 126 Å². The third-order valence-corrected chi connectivity index (χ3v) is 4.97. The summed E-state index contributed by atoms with van der Waals surface area (Å²) in [4.78, 5) is 1.47. The Hall–Kier alpha value is -1.28. The lowest BCUT2D eigenvalue weighted by atomic mass is 9.87. The van der Waals surface area contributed by atoms with Crippen LogP contribution in [0.15, 0.2) is 41.8 Å². The van der Waals surface area contributed by atoms with Crippen molar-refractivity contribution in [3.63, 3.8) is 0 Å². The van der Waals surface area contributed by atoms with Gasteiger partial charge in [0, 0.05) is 10.6 Å². The van der Waals surface area contributed by atoms with Gasteiger partial charge in [-0.05, 0) is 53.3 Å². The van der Waals surface area contributed by atoms with Crippen molar-refractivity contribution >= 4 is 17.0 Å². The van der Waals surface area contributed by atoms with Crippen LogP contribution >= 0.6 is 11.3 Å². The third-order valence-electron chi connectivity index (χ3n) is 4.02. The van der Waals surface area contributed by atoms with Crippen LogP contribution in [0.5, 0.6) is 0 Å². The van der Waals surface area contributed by atoms with Crippen LogP contribution in [0.1, 0.15) is 50.1 Å². The van der Waals surface area contributed by atoms with Gasteiger partial charge in [0.2, 0.25) is 0 Å². The lowest BCUT2D eigenvalue weighted by molar-refractivity contribution is 0.590. The minimum atomic E-state index is 0.224. The van der Waals surface area contributed by atoms with Crippen LogP contribution in [0.3, 0.4) is 0 Å². The third kappa shape index (κ3) is 3.06. The molecular formula is C18H23NS. The smallest absolute Gasteiger partial charge is 0.0634 e. The first-order chi connectivity index (χ1) is 9.54. The predicted molar refractivity (Wildman–Crippen MR) is 88.5 cm³/mol. The SMILES string of the molecule is CC(C)(C)c1ccc(NC(c2cccs2)C2CC2)cc1. The molecule has 1 aromatic carbocycles. The fourth-order valence-corrected chi connectivity index (χ4v) is 3.43. The Morgan fingerprint density at radius 1 is 1.10 bits per heavy atom. The van der Waals surface area contributed by atoms with Crippen molar-refractivity contribution in [3.8, 4) is 0 Å². The van der Waals surface area contributed by atoms with Crippen LogP contribution in [-0.4, -0.2) is 0 Å². The molecule has 2 aromatic rings. The minimum absolute atomic E-state index is 0.224. The second kappa shape index (κ2) is 5.25. The molecule has 0 amide bonds. The lowest BCUT2D eigenvalue weighted by Gasteiger charge is -2.21. The van der Waals surface area contributed by atoms with Gasteiger partial charge in [0.05, 0.1) is 6.04 Å². The van der Waals surface area contributed by atoms with Gasteiger partial charge >= 0.3 is 0 Å². The maximum absolute atomic E-state index is 3.73. The number of benzene rings is 1. The fraction of sp³-hybridized carbons (Fsp3) is 0.444. The van der Waals surface area contributed by atoms with Crippen molar-refractivity contribution in [2.75, 3.05) is 5.32 Å². The molecule has 1 unspecified atom stereocenters. The van der Waals surface area contributed by atoms with E-state index in [9.17, 15) is 0 Å². The maximum atomic E-state index is 3.73. The van der Waals surface area contributed by atoms with E-state index >= 15 is 0 Å². The fourth-order valence-electron chi connectivity index (χ4n) is 2.57. The van der Waals surface area contributed by atoms with Gasteiger partial charge < -0.3 is 5.32 Å². The Kier molecular flexibility index (Phi) is 3.59. The van der Waals surface area contributed by atoms with E-state index in [1.165, 1.54) is 29.0 Å². The quantitative estimate of drug-likeness (QED) is 0.770. The largest absolute Gasteiger partial charge is 0.377 e. The van der Waals surface area contributed by atoms with Gasteiger partial charge in [0.1, 0.15) is 0 Å². The zero-order valence-corrected chi connectivity index (χ0v) is 13.3. The van der Waals surface area contributed by atoms with Crippen molar-refractivity contribution in [1.82, 2.24) is 0 Å². The molecule has 1 nitrogen and oxygen atoms in total. The summed E-state index contributed by atoms with van der Waals surface area (Å²) in [6.45, 7) is 6.77. The standard InChI is InChI=1S/C18H23NS/c1-18(2,3)14-8-10-15(11-9-14)19-17(13-6-7-13)16-5-4-12-20-16/h4-5,8-13,17,19H,6-7H2,1-3H3. The molecule has 0 aliphatic heterocycles. The van der Waals surface area contributed by atoms with Crippen LogP contribution < -0.4 is 5.32 Å². The summed E-state index contributed by atoms with van der Waals surface area (Å²) in [5.74, 6) is 0.816. The second-order valence-corrected chi connectivity index (χ2v) is 7.78. The van der Waals surface area contributed by atoms with Gasteiger partial charge in [-0.3, -0.25) is 0 Å². The molecule has 0 saturated heterocycles. The van der Waals surface area contributed by atoms with E-state index in [1.807, 2.05) is 11.3 Å². The van der Waals surface area contributed by atoms with Crippen molar-refractivity contribution < 1.29 is 0 Å². The first kappa shape index (κ1) is 13.7. The van der Waals surface area contributed by atoms with Crippen molar-refractivity contribution in [2.24, 2.45) is 5.92 Å². The molecule has 1 heterocycles. The highest BCUT2D eigenvalue weighted by Crippen LogP contribution is 2.44. The molecule has 106 valence electrons. The summed E-state index contributed by atoms with van der Waals surface area (Å²) < 4.78 is 0. The van der Waals surface area contributed by atoms with Gasteiger partial charge in [0.25, 0.3) is 0 Å². The Balaban J connectivity index is 1.76. The first-order valence-electron chi connectivity index (χ1n) is 7.44. The van der Waals surface area contributed by atoms with Crippen LogP contribution in [0, 0.1) is 5.92 Å². The molecule has 1 aliphatic carbocycles. The highest BCUT2D eigenvalue weighted by molar-refractivity contribution is 7.10. The van der Waals surface area contributed by atoms with Gasteiger partial charge in [0.15, 0.2) is 0 Å². The maximum Gasteiger partial charge on any atom is 0.0634 e. The van der Waals surface area contributed by atoms with E-state index in [0.29, 0.717) is 6.04 Å². The minimum Gasteiger partial charge on any atom is -0.377 e. The van der Waals surface area contributed by atoms with Gasteiger partial charge in [-0.15, -0.1) is 11.3 Å². The second-order valence-electron chi connectivity index (χ2n) is 6.80. The first-order valence-corrected chi connectivity index (χ1v) is 8.32. The van der Waals surface area contributed by atoms with E-state index in [0.717, 1.165) is 5.92 Å². The zero-order chi connectivity index (χ0) is 14.2. The Morgan fingerprint density at radius 3 is 2.30 bits per heavy atom. The summed E-state index contributed by atoms with van der Waals surface area (Å²) in [5.41, 5.74) is 2.85. The zero-order valence-electron chi connectivity index (χ0n) is 12.5. The van der Waals surface area contributed by atoms with Crippen LogP contribution in [0.4, 0.5) is 5.69 Å². The monoisotopic (exact) mass is 285 g/mol. The number of nitrogens with one attached hydrogen (secondary N) is 1. The Morgan fingerprint density at radius 2 is 1.80 bits per heavy atom. The van der Waals surface area contributed by atoms with E-state index < -0.39 is 0 Å². The summed E-state index contributed by atoms with van der Waals surface area (Å²) in [7, 11) is 0. The molecular weight excluding hydrogens is 262 g/mol. The van der Waals surface area contributed by atoms with Gasteiger partial charge in [-0.2, -0.15) is 0 Å². The van der Waals surface area contributed by atoms with E-state index in [2.05, 4.69) is 67.9 Å². The molecule has 0 radical (unpaired) electrons. The van der Waals surface area contributed by atoms with E-state index in [1.54, 1.807) is 0 Å². The topological polar surface area (TPSA) is 12.0 Å². The normalized spacial score (nSPS) is 16.9. The summed E-state index contributed by atoms with van der Waals surface area (Å²) in [6, 6.07) is 13.9. The predicted octanol–water partition coefficient (Wildman–Crippen LogP) is 5.61. The number of hydrogen-bond donors (Lipinski definition) is 1. The molecule has 2 heteroatoms. The summed E-state index contributed by atoms with van der Waals surface area (Å²) >= 11 is 1.86. The molecule has 1 fully saturated rings. The molecule has 0 spiro atoms.